The molecule has 182 valence electrons. The lowest BCUT2D eigenvalue weighted by molar-refractivity contribution is -0.136. The molecular weight excluding hydrogens is 453 g/mol. The zero-order valence-corrected chi connectivity index (χ0v) is 19.3. The largest absolute Gasteiger partial charge is 0.388 e. The van der Waals surface area contributed by atoms with Crippen molar-refractivity contribution < 1.29 is 14.3 Å². The zero-order valence-electron chi connectivity index (χ0n) is 19.3. The highest BCUT2D eigenvalue weighted by atomic mass is 19.1. The molecule has 0 aliphatic carbocycles. The van der Waals surface area contributed by atoms with Crippen LogP contribution in [0.25, 0.3) is 16.7 Å². The Hall–Kier alpha value is -3.86. The Bertz CT molecular complexity index is 1390. The van der Waals surface area contributed by atoms with Gasteiger partial charge >= 0.3 is 0 Å². The van der Waals surface area contributed by atoms with Crippen LogP contribution in [0.4, 0.5) is 4.39 Å². The van der Waals surface area contributed by atoms with Crippen LogP contribution in [0.5, 0.6) is 0 Å². The first-order chi connectivity index (χ1) is 16.8. The maximum atomic E-state index is 13.3. The van der Waals surface area contributed by atoms with Crippen LogP contribution in [-0.2, 0) is 11.3 Å². The van der Waals surface area contributed by atoms with E-state index in [1.807, 2.05) is 19.2 Å². The van der Waals surface area contributed by atoms with Crippen molar-refractivity contribution in [1.29, 1.82) is 0 Å². The number of aromatic nitrogens is 6. The molecule has 4 heterocycles. The lowest BCUT2D eigenvalue weighted by Crippen LogP contribution is -2.49. The first-order valence-corrected chi connectivity index (χ1v) is 11.5. The Morgan fingerprint density at radius 2 is 1.94 bits per heavy atom. The fourth-order valence-electron chi connectivity index (χ4n) is 4.50. The number of carbonyl (C=O) groups excluding carboxylic acids is 1. The maximum Gasteiger partial charge on any atom is 0.264 e. The molecule has 10 nitrogen and oxygen atoms in total. The van der Waals surface area contributed by atoms with Crippen molar-refractivity contribution in [3.05, 3.63) is 71.4 Å². The Labute approximate surface area is 200 Å². The molecule has 0 unspecified atom stereocenters. The van der Waals surface area contributed by atoms with Gasteiger partial charge in [-0.2, -0.15) is 10.2 Å². The van der Waals surface area contributed by atoms with Gasteiger partial charge in [0, 0.05) is 31.9 Å². The Morgan fingerprint density at radius 3 is 2.63 bits per heavy atom. The van der Waals surface area contributed by atoms with Gasteiger partial charge in [0.25, 0.3) is 5.56 Å². The van der Waals surface area contributed by atoms with Gasteiger partial charge < -0.3 is 10.0 Å². The van der Waals surface area contributed by atoms with Crippen LogP contribution >= 0.6 is 0 Å². The topological polar surface area (TPSA) is 111 Å². The number of halogens is 1. The maximum absolute atomic E-state index is 13.3. The first kappa shape index (κ1) is 22.9. The molecule has 1 amide bonds. The molecule has 1 aliphatic rings. The highest BCUT2D eigenvalue weighted by molar-refractivity contribution is 5.77. The lowest BCUT2D eigenvalue weighted by atomic mass is 9.91. The van der Waals surface area contributed by atoms with Crippen molar-refractivity contribution in [2.45, 2.75) is 44.4 Å². The fraction of sp³-hybridized carbons (Fsp3) is 0.375. The number of aliphatic hydroxyl groups is 1. The molecule has 35 heavy (non-hydrogen) atoms. The van der Waals surface area contributed by atoms with E-state index in [2.05, 4.69) is 15.2 Å². The van der Waals surface area contributed by atoms with Crippen LogP contribution in [0.2, 0.25) is 0 Å². The Morgan fingerprint density at radius 1 is 1.20 bits per heavy atom. The number of nitrogens with zero attached hydrogens (tertiary/aromatic N) is 7. The van der Waals surface area contributed by atoms with E-state index in [0.717, 1.165) is 0 Å². The molecule has 11 heteroatoms. The number of hydrogen-bond acceptors (Lipinski definition) is 6. The number of amides is 1. The monoisotopic (exact) mass is 479 g/mol. The van der Waals surface area contributed by atoms with Crippen molar-refractivity contribution >= 4 is 16.9 Å². The van der Waals surface area contributed by atoms with Crippen LogP contribution in [0.1, 0.15) is 32.2 Å². The van der Waals surface area contributed by atoms with Gasteiger partial charge in [-0.1, -0.05) is 0 Å². The second-order valence-corrected chi connectivity index (χ2v) is 9.09. The third kappa shape index (κ3) is 4.59. The average Bonchev–Trinajstić information content (AvgIpc) is 3.53. The number of fused-ring (bicyclic) bond motifs is 1. The summed E-state index contributed by atoms with van der Waals surface area (Å²) >= 11 is 0. The lowest BCUT2D eigenvalue weighted by Gasteiger charge is -2.38. The summed E-state index contributed by atoms with van der Waals surface area (Å²) in [5.74, 6) is -0.350. The molecule has 0 saturated carbocycles. The van der Waals surface area contributed by atoms with Gasteiger partial charge in [0.05, 0.1) is 30.1 Å². The van der Waals surface area contributed by atoms with E-state index >= 15 is 0 Å². The molecule has 1 atom stereocenters. The van der Waals surface area contributed by atoms with Gasteiger partial charge in [0.1, 0.15) is 17.5 Å². The molecule has 0 radical (unpaired) electrons. The van der Waals surface area contributed by atoms with E-state index in [9.17, 15) is 19.1 Å². The predicted molar refractivity (Wildman–Crippen MR) is 125 cm³/mol. The van der Waals surface area contributed by atoms with Gasteiger partial charge in [-0.15, -0.1) is 0 Å². The van der Waals surface area contributed by atoms with Crippen molar-refractivity contribution in [2.75, 3.05) is 13.1 Å². The quantitative estimate of drug-likeness (QED) is 0.452. The van der Waals surface area contributed by atoms with Crippen molar-refractivity contribution in [1.82, 2.24) is 34.0 Å². The Balaban J connectivity index is 1.26. The summed E-state index contributed by atoms with van der Waals surface area (Å²) in [7, 11) is 0. The summed E-state index contributed by atoms with van der Waals surface area (Å²) in [5.41, 5.74) is -0.500. The summed E-state index contributed by atoms with van der Waals surface area (Å²) in [5, 5.41) is 19.9. The van der Waals surface area contributed by atoms with Crippen LogP contribution in [0, 0.1) is 5.82 Å². The SMILES string of the molecule is C[C@H](CC(=O)N1CCC(O)(Cn2cnc3c(cnn3-c3ccc(F)cc3)c2=O)CC1)n1cccn1. The van der Waals surface area contributed by atoms with Gasteiger partial charge in [-0.3, -0.25) is 18.8 Å². The molecular formula is C24H26FN7O3. The molecule has 1 aliphatic heterocycles. The predicted octanol–water partition coefficient (Wildman–Crippen LogP) is 1.92. The highest BCUT2D eigenvalue weighted by Gasteiger charge is 2.35. The van der Waals surface area contributed by atoms with Crippen LogP contribution < -0.4 is 5.56 Å². The van der Waals surface area contributed by atoms with E-state index in [0.29, 0.717) is 49.1 Å². The Kier molecular flexibility index (Phi) is 5.93. The standard InChI is InChI=1S/C24H26FN7O3/c1-17(31-10-2-9-27-31)13-21(33)29-11-7-24(35,8-12-29)15-30-16-26-22-20(23(30)34)14-28-32(22)19-5-3-18(25)4-6-19/h2-6,9-10,14,16-17,35H,7-8,11-13,15H2,1H3/t17-/m1/s1. The number of hydrogen-bond donors (Lipinski definition) is 1. The third-order valence-corrected chi connectivity index (χ3v) is 6.58. The minimum atomic E-state index is -1.13. The second kappa shape index (κ2) is 9.06. The summed E-state index contributed by atoms with van der Waals surface area (Å²) in [6.07, 6.45) is 7.38. The van der Waals surface area contributed by atoms with Gasteiger partial charge in [0.15, 0.2) is 5.65 Å². The molecule has 3 aromatic heterocycles. The van der Waals surface area contributed by atoms with Crippen LogP contribution in [0.15, 0.2) is 60.0 Å². The van der Waals surface area contributed by atoms with Crippen molar-refractivity contribution in [3.63, 3.8) is 0 Å². The molecule has 4 aromatic rings. The fourth-order valence-corrected chi connectivity index (χ4v) is 4.50. The van der Waals surface area contributed by atoms with E-state index in [-0.39, 0.29) is 29.9 Å². The van der Waals surface area contributed by atoms with E-state index in [1.165, 1.54) is 33.9 Å². The van der Waals surface area contributed by atoms with Gasteiger partial charge in [-0.25, -0.2) is 14.1 Å². The molecule has 1 saturated heterocycles. The number of rotatable bonds is 6. The van der Waals surface area contributed by atoms with Crippen molar-refractivity contribution in [2.24, 2.45) is 0 Å². The zero-order chi connectivity index (χ0) is 24.6. The molecule has 1 aromatic carbocycles. The summed E-state index contributed by atoms with van der Waals surface area (Å²) in [6, 6.07) is 7.52. The average molecular weight is 480 g/mol. The minimum Gasteiger partial charge on any atom is -0.388 e. The van der Waals surface area contributed by atoms with Crippen molar-refractivity contribution in [3.8, 4) is 5.69 Å². The van der Waals surface area contributed by atoms with E-state index in [1.54, 1.807) is 27.9 Å². The number of benzene rings is 1. The summed E-state index contributed by atoms with van der Waals surface area (Å²) < 4.78 is 17.9. The summed E-state index contributed by atoms with van der Waals surface area (Å²) in [6.45, 7) is 2.84. The molecule has 0 spiro atoms. The molecule has 5 rings (SSSR count). The summed E-state index contributed by atoms with van der Waals surface area (Å²) in [4.78, 5) is 31.9. The van der Waals surface area contributed by atoms with Gasteiger partial charge in [-0.05, 0) is 50.1 Å². The first-order valence-electron chi connectivity index (χ1n) is 11.5. The highest BCUT2D eigenvalue weighted by Crippen LogP contribution is 2.25. The molecule has 1 fully saturated rings. The normalized spacial score (nSPS) is 16.5. The third-order valence-electron chi connectivity index (χ3n) is 6.58. The minimum absolute atomic E-state index is 0.0171. The van der Waals surface area contributed by atoms with Crippen LogP contribution in [-0.4, -0.2) is 63.7 Å². The smallest absolute Gasteiger partial charge is 0.264 e. The van der Waals surface area contributed by atoms with E-state index < -0.39 is 5.60 Å². The number of piperidine rings is 1. The number of carbonyl (C=O) groups is 1. The van der Waals surface area contributed by atoms with Gasteiger partial charge in [0.2, 0.25) is 5.91 Å². The van der Waals surface area contributed by atoms with Crippen LogP contribution in [0.3, 0.4) is 0 Å². The van der Waals surface area contributed by atoms with E-state index in [4.69, 9.17) is 0 Å². The molecule has 0 bridgehead atoms. The second-order valence-electron chi connectivity index (χ2n) is 9.09. The number of likely N-dealkylation sites (tertiary alicyclic amines) is 1. The molecule has 1 N–H and O–H groups in total.